The largest absolute Gasteiger partial charge is 0.494 e. The third-order valence-corrected chi connectivity index (χ3v) is 4.27. The van der Waals surface area contributed by atoms with Crippen molar-refractivity contribution in [3.8, 4) is 23.3 Å². The average Bonchev–Trinajstić information content (AvgIpc) is 3.08. The number of nitrogens with one attached hydrogen (secondary N) is 1. The Bertz CT molecular complexity index is 901. The Labute approximate surface area is 159 Å². The van der Waals surface area contributed by atoms with Gasteiger partial charge in [-0.05, 0) is 55.0 Å². The fourth-order valence-corrected chi connectivity index (χ4v) is 2.78. The lowest BCUT2D eigenvalue weighted by molar-refractivity contribution is -0.112. The Morgan fingerprint density at radius 1 is 1.31 bits per heavy atom. The molecule has 0 atom stereocenters. The van der Waals surface area contributed by atoms with Gasteiger partial charge in [-0.25, -0.2) is 0 Å². The molecule has 0 aromatic heterocycles. The quantitative estimate of drug-likeness (QED) is 0.587. The number of anilines is 1. The van der Waals surface area contributed by atoms with Crippen LogP contribution in [0.2, 0.25) is 0 Å². The average molecular weight is 415 g/mol. The zero-order chi connectivity index (χ0) is 18.5. The van der Waals surface area contributed by atoms with Crippen LogP contribution in [0, 0.1) is 11.3 Å². The van der Waals surface area contributed by atoms with Crippen molar-refractivity contribution in [2.24, 2.45) is 0 Å². The van der Waals surface area contributed by atoms with E-state index in [9.17, 15) is 10.1 Å². The highest BCUT2D eigenvalue weighted by atomic mass is 79.9. The maximum atomic E-state index is 12.4. The molecule has 132 valence electrons. The third-order valence-electron chi connectivity index (χ3n) is 3.58. The van der Waals surface area contributed by atoms with Gasteiger partial charge in [0.25, 0.3) is 5.91 Å². The van der Waals surface area contributed by atoms with E-state index in [1.165, 1.54) is 6.08 Å². The number of rotatable bonds is 5. The summed E-state index contributed by atoms with van der Waals surface area (Å²) in [5.41, 5.74) is 1.19. The SMILES string of the molecule is CCOc1ccc(NC(=O)/C(C#N)=C/c2cc3c(cc2Br)OCO3)cc1. The minimum Gasteiger partial charge on any atom is -0.494 e. The van der Waals surface area contributed by atoms with Gasteiger partial charge < -0.3 is 19.5 Å². The molecule has 0 fully saturated rings. The minimum absolute atomic E-state index is 0.0292. The summed E-state index contributed by atoms with van der Waals surface area (Å²) in [5, 5.41) is 12.1. The fraction of sp³-hybridized carbons (Fsp3) is 0.158. The third kappa shape index (κ3) is 3.98. The first-order valence-electron chi connectivity index (χ1n) is 7.86. The van der Waals surface area contributed by atoms with Crippen molar-refractivity contribution in [2.75, 3.05) is 18.7 Å². The Kier molecular flexibility index (Phi) is 5.44. The molecule has 1 amide bonds. The van der Waals surface area contributed by atoms with Gasteiger partial charge in [-0.3, -0.25) is 4.79 Å². The van der Waals surface area contributed by atoms with Gasteiger partial charge in [-0.15, -0.1) is 0 Å². The van der Waals surface area contributed by atoms with E-state index in [1.54, 1.807) is 36.4 Å². The number of fused-ring (bicyclic) bond motifs is 1. The maximum Gasteiger partial charge on any atom is 0.266 e. The van der Waals surface area contributed by atoms with Crippen LogP contribution >= 0.6 is 15.9 Å². The molecule has 2 aromatic rings. The van der Waals surface area contributed by atoms with Crippen LogP contribution in [0.15, 0.2) is 46.4 Å². The van der Waals surface area contributed by atoms with Crippen LogP contribution < -0.4 is 19.5 Å². The van der Waals surface area contributed by atoms with Gasteiger partial charge in [-0.2, -0.15) is 5.26 Å². The van der Waals surface area contributed by atoms with Gasteiger partial charge in [0.2, 0.25) is 6.79 Å². The topological polar surface area (TPSA) is 80.6 Å². The van der Waals surface area contributed by atoms with Crippen LogP contribution in [0.5, 0.6) is 17.2 Å². The van der Waals surface area contributed by atoms with E-state index in [2.05, 4.69) is 21.2 Å². The van der Waals surface area contributed by atoms with E-state index in [0.717, 1.165) is 0 Å². The highest BCUT2D eigenvalue weighted by molar-refractivity contribution is 9.10. The lowest BCUT2D eigenvalue weighted by atomic mass is 10.1. The summed E-state index contributed by atoms with van der Waals surface area (Å²) in [6.07, 6.45) is 1.50. The molecular weight excluding hydrogens is 400 g/mol. The van der Waals surface area contributed by atoms with Crippen LogP contribution in [0.25, 0.3) is 6.08 Å². The first kappa shape index (κ1) is 17.8. The van der Waals surface area contributed by atoms with Gasteiger partial charge in [0.1, 0.15) is 17.4 Å². The van der Waals surface area contributed by atoms with Crippen LogP contribution in [-0.2, 0) is 4.79 Å². The fourth-order valence-electron chi connectivity index (χ4n) is 2.35. The molecule has 1 N–H and O–H groups in total. The van der Waals surface area contributed by atoms with Crippen LogP contribution in [0.3, 0.4) is 0 Å². The number of carbonyl (C=O) groups excluding carboxylic acids is 1. The maximum absolute atomic E-state index is 12.4. The minimum atomic E-state index is -0.499. The van der Waals surface area contributed by atoms with Crippen molar-refractivity contribution in [3.63, 3.8) is 0 Å². The molecule has 1 aliphatic rings. The van der Waals surface area contributed by atoms with Gasteiger partial charge in [0.05, 0.1) is 6.61 Å². The van der Waals surface area contributed by atoms with Crippen molar-refractivity contribution < 1.29 is 19.0 Å². The molecule has 3 rings (SSSR count). The number of ether oxygens (including phenoxy) is 3. The number of hydrogen-bond donors (Lipinski definition) is 1. The van der Waals surface area contributed by atoms with E-state index in [4.69, 9.17) is 14.2 Å². The van der Waals surface area contributed by atoms with E-state index in [1.807, 2.05) is 13.0 Å². The first-order valence-corrected chi connectivity index (χ1v) is 8.65. The molecule has 0 saturated heterocycles. The van der Waals surface area contributed by atoms with Crippen molar-refractivity contribution in [3.05, 3.63) is 52.0 Å². The summed E-state index contributed by atoms with van der Waals surface area (Å²) in [7, 11) is 0. The number of halogens is 1. The molecule has 1 aliphatic heterocycles. The van der Waals surface area contributed by atoms with Crippen molar-refractivity contribution in [1.29, 1.82) is 5.26 Å². The van der Waals surface area contributed by atoms with Crippen molar-refractivity contribution in [2.45, 2.75) is 6.92 Å². The molecule has 0 radical (unpaired) electrons. The van der Waals surface area contributed by atoms with Crippen molar-refractivity contribution in [1.82, 2.24) is 0 Å². The Balaban J connectivity index is 1.79. The molecule has 0 spiro atoms. The molecule has 0 bridgehead atoms. The summed E-state index contributed by atoms with van der Waals surface area (Å²) in [6, 6.07) is 12.3. The second-order valence-corrected chi connectivity index (χ2v) is 6.16. The van der Waals surface area contributed by atoms with Gasteiger partial charge >= 0.3 is 0 Å². The zero-order valence-electron chi connectivity index (χ0n) is 13.9. The Morgan fingerprint density at radius 3 is 2.65 bits per heavy atom. The second-order valence-electron chi connectivity index (χ2n) is 5.31. The number of nitrogens with zero attached hydrogens (tertiary/aromatic N) is 1. The van der Waals surface area contributed by atoms with Crippen LogP contribution in [0.1, 0.15) is 12.5 Å². The predicted molar refractivity (Wildman–Crippen MR) is 100 cm³/mol. The van der Waals surface area contributed by atoms with E-state index < -0.39 is 5.91 Å². The number of nitriles is 1. The molecule has 0 aliphatic carbocycles. The monoisotopic (exact) mass is 414 g/mol. The number of benzene rings is 2. The predicted octanol–water partition coefficient (Wildman–Crippen LogP) is 4.12. The second kappa shape index (κ2) is 7.93. The summed E-state index contributed by atoms with van der Waals surface area (Å²) in [4.78, 5) is 12.4. The van der Waals surface area contributed by atoms with Gasteiger partial charge in [0, 0.05) is 10.2 Å². The molecule has 26 heavy (non-hydrogen) atoms. The smallest absolute Gasteiger partial charge is 0.266 e. The molecule has 2 aromatic carbocycles. The van der Waals surface area contributed by atoms with E-state index in [0.29, 0.717) is 39.6 Å². The molecule has 1 heterocycles. The summed E-state index contributed by atoms with van der Waals surface area (Å²) < 4.78 is 16.7. The molecule has 7 heteroatoms. The van der Waals surface area contributed by atoms with Gasteiger partial charge in [0.15, 0.2) is 11.5 Å². The Hall–Kier alpha value is -2.98. The number of carbonyl (C=O) groups is 1. The standard InChI is InChI=1S/C19H15BrN2O4/c1-2-24-15-5-3-14(4-6-15)22-19(23)13(10-21)7-12-8-17-18(9-16(12)20)26-11-25-17/h3-9H,2,11H2,1H3,(H,22,23)/b13-7+. The summed E-state index contributed by atoms with van der Waals surface area (Å²) >= 11 is 3.41. The zero-order valence-corrected chi connectivity index (χ0v) is 15.5. The lowest BCUT2D eigenvalue weighted by Gasteiger charge is -2.07. The van der Waals surface area contributed by atoms with E-state index >= 15 is 0 Å². The van der Waals surface area contributed by atoms with Crippen LogP contribution in [-0.4, -0.2) is 19.3 Å². The lowest BCUT2D eigenvalue weighted by Crippen LogP contribution is -2.13. The summed E-state index contributed by atoms with van der Waals surface area (Å²) in [5.74, 6) is 1.40. The highest BCUT2D eigenvalue weighted by Crippen LogP contribution is 2.37. The number of amides is 1. The highest BCUT2D eigenvalue weighted by Gasteiger charge is 2.17. The number of hydrogen-bond acceptors (Lipinski definition) is 5. The first-order chi connectivity index (χ1) is 12.6. The molecular formula is C19H15BrN2O4. The van der Waals surface area contributed by atoms with Crippen molar-refractivity contribution >= 4 is 33.6 Å². The molecule has 6 nitrogen and oxygen atoms in total. The molecule has 0 unspecified atom stereocenters. The summed E-state index contributed by atoms with van der Waals surface area (Å²) in [6.45, 7) is 2.61. The van der Waals surface area contributed by atoms with Gasteiger partial charge in [-0.1, -0.05) is 15.9 Å². The van der Waals surface area contributed by atoms with E-state index in [-0.39, 0.29) is 12.4 Å². The molecule has 0 saturated carbocycles. The van der Waals surface area contributed by atoms with Crippen LogP contribution in [0.4, 0.5) is 5.69 Å². The Morgan fingerprint density at radius 2 is 2.00 bits per heavy atom. The normalized spacial score (nSPS) is 12.4.